The van der Waals surface area contributed by atoms with Crippen LogP contribution in [0.15, 0.2) is 0 Å². The van der Waals surface area contributed by atoms with Gasteiger partial charge in [0, 0.05) is 19.6 Å². The molecule has 0 spiro atoms. The number of nitrogens with zero attached hydrogens (tertiary/aromatic N) is 1. The number of carboxylic acids is 1. The number of carboxylic acid groups (broad SMARTS) is 1. The van der Waals surface area contributed by atoms with Crippen LogP contribution in [0, 0.1) is 17.3 Å². The number of amides is 2. The summed E-state index contributed by atoms with van der Waals surface area (Å²) in [6, 6.07) is -0.0590. The Kier molecular flexibility index (Phi) is 3.61. The normalized spacial score (nSPS) is 23.8. The maximum atomic E-state index is 12.3. The van der Waals surface area contributed by atoms with E-state index in [2.05, 4.69) is 5.32 Å². The van der Waals surface area contributed by atoms with Gasteiger partial charge in [-0.25, -0.2) is 4.79 Å². The molecular formula is C15H24N2O3. The summed E-state index contributed by atoms with van der Waals surface area (Å²) in [5, 5.41) is 12.2. The maximum Gasteiger partial charge on any atom is 0.317 e. The minimum atomic E-state index is -0.764. The average molecular weight is 280 g/mol. The third kappa shape index (κ3) is 3.07. The Labute approximate surface area is 119 Å². The molecule has 0 bridgehead atoms. The van der Waals surface area contributed by atoms with Crippen molar-refractivity contribution in [2.24, 2.45) is 17.3 Å². The van der Waals surface area contributed by atoms with Crippen LogP contribution in [0.3, 0.4) is 0 Å². The molecule has 5 nitrogen and oxygen atoms in total. The van der Waals surface area contributed by atoms with Crippen molar-refractivity contribution >= 4 is 12.0 Å². The SMILES string of the molecule is O=C(NCC1(C(=O)O)CCC1)N(CC1CC1)CC1CC1. The molecule has 2 amide bonds. The van der Waals surface area contributed by atoms with E-state index in [9.17, 15) is 14.7 Å². The summed E-state index contributed by atoms with van der Waals surface area (Å²) in [5.41, 5.74) is -0.694. The van der Waals surface area contributed by atoms with Crippen molar-refractivity contribution in [3.63, 3.8) is 0 Å². The topological polar surface area (TPSA) is 69.6 Å². The first kappa shape index (κ1) is 13.7. The molecule has 0 aliphatic heterocycles. The van der Waals surface area contributed by atoms with Crippen molar-refractivity contribution < 1.29 is 14.7 Å². The molecule has 0 aromatic carbocycles. The molecule has 0 atom stereocenters. The van der Waals surface area contributed by atoms with E-state index >= 15 is 0 Å². The molecule has 3 rings (SSSR count). The van der Waals surface area contributed by atoms with Crippen molar-refractivity contribution in [1.29, 1.82) is 0 Å². The molecule has 0 saturated heterocycles. The summed E-state index contributed by atoms with van der Waals surface area (Å²) in [5.74, 6) is 0.591. The van der Waals surface area contributed by atoms with Gasteiger partial charge in [0.05, 0.1) is 5.41 Å². The first-order valence-electron chi connectivity index (χ1n) is 7.85. The lowest BCUT2D eigenvalue weighted by Crippen LogP contribution is -2.51. The lowest BCUT2D eigenvalue weighted by Gasteiger charge is -2.38. The number of urea groups is 1. The maximum absolute atomic E-state index is 12.3. The van der Waals surface area contributed by atoms with Gasteiger partial charge >= 0.3 is 12.0 Å². The number of carbonyl (C=O) groups is 2. The van der Waals surface area contributed by atoms with Crippen molar-refractivity contribution in [3.05, 3.63) is 0 Å². The van der Waals surface area contributed by atoms with Crippen LogP contribution in [0.2, 0.25) is 0 Å². The molecule has 3 aliphatic rings. The standard InChI is InChI=1S/C15H24N2O3/c18-13(19)15(6-1-7-15)10-16-14(20)17(8-11-2-3-11)9-12-4-5-12/h11-12H,1-10H2,(H,16,20)(H,18,19). The number of aliphatic carboxylic acids is 1. The molecule has 3 saturated carbocycles. The van der Waals surface area contributed by atoms with Crippen LogP contribution in [0.4, 0.5) is 4.79 Å². The van der Waals surface area contributed by atoms with Crippen LogP contribution in [0.5, 0.6) is 0 Å². The summed E-state index contributed by atoms with van der Waals surface area (Å²) in [7, 11) is 0. The number of rotatable bonds is 7. The van der Waals surface area contributed by atoms with E-state index in [4.69, 9.17) is 0 Å². The lowest BCUT2D eigenvalue weighted by molar-refractivity contribution is -0.153. The van der Waals surface area contributed by atoms with Gasteiger partial charge in [-0.2, -0.15) is 0 Å². The van der Waals surface area contributed by atoms with E-state index in [0.717, 1.165) is 19.5 Å². The Morgan fingerprint density at radius 2 is 1.65 bits per heavy atom. The predicted octanol–water partition coefficient (Wildman–Crippen LogP) is 2.07. The fourth-order valence-electron chi connectivity index (χ4n) is 2.89. The fraction of sp³-hybridized carbons (Fsp3) is 0.867. The zero-order valence-corrected chi connectivity index (χ0v) is 11.9. The summed E-state index contributed by atoms with van der Waals surface area (Å²) in [6.07, 6.45) is 7.25. The molecule has 3 aliphatic carbocycles. The zero-order valence-electron chi connectivity index (χ0n) is 11.9. The highest BCUT2D eigenvalue weighted by atomic mass is 16.4. The molecule has 0 unspecified atom stereocenters. The first-order valence-corrected chi connectivity index (χ1v) is 7.85. The molecule has 0 heterocycles. The highest BCUT2D eigenvalue weighted by molar-refractivity contribution is 5.79. The minimum Gasteiger partial charge on any atom is -0.481 e. The Bertz CT molecular complexity index is 384. The van der Waals surface area contributed by atoms with Gasteiger partial charge in [-0.3, -0.25) is 4.79 Å². The molecular weight excluding hydrogens is 256 g/mol. The Balaban J connectivity index is 1.51. The van der Waals surface area contributed by atoms with Gasteiger partial charge in [-0.1, -0.05) is 6.42 Å². The third-order valence-electron chi connectivity index (χ3n) is 4.98. The van der Waals surface area contributed by atoms with Gasteiger partial charge in [0.1, 0.15) is 0 Å². The first-order chi connectivity index (χ1) is 9.59. The van der Waals surface area contributed by atoms with Gasteiger partial charge in [-0.05, 0) is 50.4 Å². The second kappa shape index (κ2) is 5.26. The third-order valence-corrected chi connectivity index (χ3v) is 4.98. The Morgan fingerprint density at radius 1 is 1.10 bits per heavy atom. The fourth-order valence-corrected chi connectivity index (χ4v) is 2.89. The number of hydrogen-bond donors (Lipinski definition) is 2. The van der Waals surface area contributed by atoms with E-state index in [1.54, 1.807) is 0 Å². The highest BCUT2D eigenvalue weighted by Crippen LogP contribution is 2.40. The van der Waals surface area contributed by atoms with Crippen LogP contribution in [-0.4, -0.2) is 41.6 Å². The number of carbonyl (C=O) groups excluding carboxylic acids is 1. The summed E-state index contributed by atoms with van der Waals surface area (Å²) in [6.45, 7) is 1.98. The molecule has 2 N–H and O–H groups in total. The second-order valence-corrected chi connectivity index (χ2v) is 6.89. The second-order valence-electron chi connectivity index (χ2n) is 6.89. The molecule has 0 aromatic heterocycles. The summed E-state index contributed by atoms with van der Waals surface area (Å²) in [4.78, 5) is 25.5. The number of nitrogens with one attached hydrogen (secondary N) is 1. The molecule has 112 valence electrons. The van der Waals surface area contributed by atoms with Crippen LogP contribution in [0.1, 0.15) is 44.9 Å². The summed E-state index contributed by atoms with van der Waals surface area (Å²) < 4.78 is 0. The molecule has 5 heteroatoms. The van der Waals surface area contributed by atoms with Gasteiger partial charge in [-0.15, -0.1) is 0 Å². The van der Waals surface area contributed by atoms with E-state index in [0.29, 0.717) is 24.7 Å². The van der Waals surface area contributed by atoms with E-state index < -0.39 is 11.4 Å². The molecule has 3 fully saturated rings. The van der Waals surface area contributed by atoms with Crippen molar-refractivity contribution in [2.75, 3.05) is 19.6 Å². The summed E-state index contributed by atoms with van der Waals surface area (Å²) >= 11 is 0. The quantitative estimate of drug-likeness (QED) is 0.750. The number of hydrogen-bond acceptors (Lipinski definition) is 2. The Hall–Kier alpha value is -1.26. The van der Waals surface area contributed by atoms with Gasteiger partial charge in [0.15, 0.2) is 0 Å². The monoisotopic (exact) mass is 280 g/mol. The molecule has 0 radical (unpaired) electrons. The van der Waals surface area contributed by atoms with Crippen molar-refractivity contribution in [2.45, 2.75) is 44.9 Å². The Morgan fingerprint density at radius 3 is 2.00 bits per heavy atom. The van der Waals surface area contributed by atoms with E-state index in [1.807, 2.05) is 4.90 Å². The van der Waals surface area contributed by atoms with Crippen LogP contribution >= 0.6 is 0 Å². The van der Waals surface area contributed by atoms with Crippen LogP contribution < -0.4 is 5.32 Å². The van der Waals surface area contributed by atoms with Gasteiger partial charge < -0.3 is 15.3 Å². The average Bonchev–Trinajstić information content (AvgIpc) is 3.20. The minimum absolute atomic E-state index is 0.0590. The highest BCUT2D eigenvalue weighted by Gasteiger charge is 2.45. The van der Waals surface area contributed by atoms with Crippen molar-refractivity contribution in [1.82, 2.24) is 10.2 Å². The smallest absolute Gasteiger partial charge is 0.317 e. The van der Waals surface area contributed by atoms with Crippen LogP contribution in [-0.2, 0) is 4.79 Å². The van der Waals surface area contributed by atoms with Crippen molar-refractivity contribution in [3.8, 4) is 0 Å². The van der Waals surface area contributed by atoms with Crippen LogP contribution in [0.25, 0.3) is 0 Å². The van der Waals surface area contributed by atoms with Gasteiger partial charge in [0.25, 0.3) is 0 Å². The molecule has 0 aromatic rings. The van der Waals surface area contributed by atoms with Gasteiger partial charge in [0.2, 0.25) is 0 Å². The van der Waals surface area contributed by atoms with E-state index in [1.165, 1.54) is 25.7 Å². The largest absolute Gasteiger partial charge is 0.481 e. The predicted molar refractivity (Wildman–Crippen MR) is 74.3 cm³/mol. The molecule has 20 heavy (non-hydrogen) atoms. The van der Waals surface area contributed by atoms with E-state index in [-0.39, 0.29) is 12.6 Å². The lowest BCUT2D eigenvalue weighted by atomic mass is 9.69. The zero-order chi connectivity index (χ0) is 14.2.